The number of nitrogens with zero attached hydrogens (tertiary/aromatic N) is 1. The van der Waals surface area contributed by atoms with E-state index in [9.17, 15) is 8.42 Å². The first kappa shape index (κ1) is 15.2. The summed E-state index contributed by atoms with van der Waals surface area (Å²) in [4.78, 5) is 0.220. The molecule has 0 fully saturated rings. The Bertz CT molecular complexity index is 582. The van der Waals surface area contributed by atoms with E-state index >= 15 is 0 Å². The van der Waals surface area contributed by atoms with Crippen LogP contribution in [0, 0.1) is 6.92 Å². The Morgan fingerprint density at radius 3 is 2.56 bits per heavy atom. The maximum atomic E-state index is 12.4. The van der Waals surface area contributed by atoms with Gasteiger partial charge in [0, 0.05) is 23.8 Å². The first-order chi connectivity index (χ1) is 8.16. The summed E-state index contributed by atoms with van der Waals surface area (Å²) in [6.07, 6.45) is 0. The highest BCUT2D eigenvalue weighted by molar-refractivity contribution is 9.10. The summed E-state index contributed by atoms with van der Waals surface area (Å²) in [6, 6.07) is 3.25. The minimum atomic E-state index is -3.55. The highest BCUT2D eigenvalue weighted by atomic mass is 79.9. The van der Waals surface area contributed by atoms with Crippen LogP contribution in [0.1, 0.15) is 12.5 Å². The number of benzene rings is 1. The molecule has 18 heavy (non-hydrogen) atoms. The lowest BCUT2D eigenvalue weighted by molar-refractivity contribution is 0.492. The summed E-state index contributed by atoms with van der Waals surface area (Å²) >= 11 is 3.26. The number of likely N-dealkylation sites (N-methyl/N-ethyl adjacent to an activating group) is 1. The van der Waals surface area contributed by atoms with Crippen molar-refractivity contribution in [2.24, 2.45) is 0 Å². The molecule has 0 aromatic heterocycles. The van der Waals surface area contributed by atoms with E-state index in [1.54, 1.807) is 26.0 Å². The second-order valence-electron chi connectivity index (χ2n) is 4.34. The molecule has 0 saturated carbocycles. The molecule has 1 rings (SSSR count). The summed E-state index contributed by atoms with van der Waals surface area (Å²) in [7, 11) is -2.02. The molecule has 0 aliphatic carbocycles. The fourth-order valence-electron chi connectivity index (χ4n) is 1.58. The standard InChI is InChI=1S/C12H17BrN2O2S/c1-8(2)7-15(4)18(16,17)12-6-10(13)5-11(14)9(12)3/h5-6H,1,7,14H2,2-4H3. The summed E-state index contributed by atoms with van der Waals surface area (Å²) in [5.41, 5.74) is 7.58. The van der Waals surface area contributed by atoms with Gasteiger partial charge in [-0.05, 0) is 31.5 Å². The monoisotopic (exact) mass is 332 g/mol. The van der Waals surface area contributed by atoms with Crippen molar-refractivity contribution in [1.82, 2.24) is 4.31 Å². The van der Waals surface area contributed by atoms with Crippen molar-refractivity contribution in [2.75, 3.05) is 19.3 Å². The number of hydrogen-bond acceptors (Lipinski definition) is 3. The van der Waals surface area contributed by atoms with Crippen molar-refractivity contribution in [3.63, 3.8) is 0 Å². The molecule has 6 heteroatoms. The molecule has 0 atom stereocenters. The van der Waals surface area contributed by atoms with Gasteiger partial charge in [-0.25, -0.2) is 8.42 Å². The van der Waals surface area contributed by atoms with Crippen molar-refractivity contribution >= 4 is 31.6 Å². The average Bonchev–Trinajstić information content (AvgIpc) is 2.22. The first-order valence-corrected chi connectivity index (χ1v) is 7.56. The van der Waals surface area contributed by atoms with E-state index in [0.29, 0.717) is 15.7 Å². The van der Waals surface area contributed by atoms with Crippen LogP contribution in [0.2, 0.25) is 0 Å². The molecule has 0 unspecified atom stereocenters. The Balaban J connectivity index is 3.33. The van der Waals surface area contributed by atoms with E-state index in [0.717, 1.165) is 5.57 Å². The van der Waals surface area contributed by atoms with Gasteiger partial charge in [0.1, 0.15) is 0 Å². The van der Waals surface area contributed by atoms with Gasteiger partial charge in [0.15, 0.2) is 0 Å². The summed E-state index contributed by atoms with van der Waals surface area (Å²) < 4.78 is 26.7. The summed E-state index contributed by atoms with van der Waals surface area (Å²) in [5, 5.41) is 0. The van der Waals surface area contributed by atoms with Gasteiger partial charge in [0.2, 0.25) is 10.0 Å². The number of nitrogen functional groups attached to an aromatic ring is 1. The molecule has 0 saturated heterocycles. The third-order valence-corrected chi connectivity index (χ3v) is 4.93. The number of anilines is 1. The Hall–Kier alpha value is -0.850. The quantitative estimate of drug-likeness (QED) is 0.680. The largest absolute Gasteiger partial charge is 0.398 e. The minimum absolute atomic E-state index is 0.220. The zero-order valence-corrected chi connectivity index (χ0v) is 13.1. The molecule has 2 N–H and O–H groups in total. The van der Waals surface area contributed by atoms with Gasteiger partial charge in [-0.15, -0.1) is 0 Å². The predicted octanol–water partition coefficient (Wildman–Crippen LogP) is 2.54. The number of nitrogens with two attached hydrogens (primary N) is 1. The van der Waals surface area contributed by atoms with Crippen LogP contribution in [-0.4, -0.2) is 26.3 Å². The van der Waals surface area contributed by atoms with Crippen molar-refractivity contribution in [3.05, 3.63) is 34.3 Å². The number of rotatable bonds is 4. The molecule has 0 amide bonds. The molecule has 0 radical (unpaired) electrons. The summed E-state index contributed by atoms with van der Waals surface area (Å²) in [5.74, 6) is 0. The number of hydrogen-bond donors (Lipinski definition) is 1. The van der Waals surface area contributed by atoms with Crippen molar-refractivity contribution < 1.29 is 8.42 Å². The molecule has 1 aromatic rings. The lowest BCUT2D eigenvalue weighted by atomic mass is 10.2. The van der Waals surface area contributed by atoms with Crippen LogP contribution < -0.4 is 5.73 Å². The zero-order chi connectivity index (χ0) is 14.1. The zero-order valence-electron chi connectivity index (χ0n) is 10.7. The van der Waals surface area contributed by atoms with Gasteiger partial charge in [-0.2, -0.15) is 4.31 Å². The van der Waals surface area contributed by atoms with Gasteiger partial charge in [0.25, 0.3) is 0 Å². The van der Waals surface area contributed by atoms with Crippen molar-refractivity contribution in [1.29, 1.82) is 0 Å². The molecule has 1 aromatic carbocycles. The second-order valence-corrected chi connectivity index (χ2v) is 7.27. The number of sulfonamides is 1. The molecular weight excluding hydrogens is 316 g/mol. The molecule has 0 bridgehead atoms. The van der Waals surface area contributed by atoms with E-state index in [4.69, 9.17) is 5.73 Å². The van der Waals surface area contributed by atoms with E-state index in [2.05, 4.69) is 22.5 Å². The van der Waals surface area contributed by atoms with Gasteiger partial charge >= 0.3 is 0 Å². The summed E-state index contributed by atoms with van der Waals surface area (Å²) in [6.45, 7) is 7.49. The van der Waals surface area contributed by atoms with Gasteiger partial charge < -0.3 is 5.73 Å². The normalized spacial score (nSPS) is 11.8. The lowest BCUT2D eigenvalue weighted by Crippen LogP contribution is -2.29. The van der Waals surface area contributed by atoms with Crippen LogP contribution in [0.5, 0.6) is 0 Å². The van der Waals surface area contributed by atoms with Gasteiger partial charge in [0.05, 0.1) is 4.90 Å². The fourth-order valence-corrected chi connectivity index (χ4v) is 3.71. The first-order valence-electron chi connectivity index (χ1n) is 5.32. The molecule has 0 aliphatic heterocycles. The third kappa shape index (κ3) is 3.13. The fraction of sp³-hybridized carbons (Fsp3) is 0.333. The van der Waals surface area contributed by atoms with Gasteiger partial charge in [-0.1, -0.05) is 28.1 Å². The Morgan fingerprint density at radius 1 is 1.50 bits per heavy atom. The van der Waals surface area contributed by atoms with E-state index in [1.165, 1.54) is 11.4 Å². The minimum Gasteiger partial charge on any atom is -0.398 e. The highest BCUT2D eigenvalue weighted by Gasteiger charge is 2.24. The Labute approximate surface area is 117 Å². The average molecular weight is 333 g/mol. The smallest absolute Gasteiger partial charge is 0.243 e. The maximum absolute atomic E-state index is 12.4. The maximum Gasteiger partial charge on any atom is 0.243 e. The second kappa shape index (κ2) is 5.42. The lowest BCUT2D eigenvalue weighted by Gasteiger charge is -2.19. The number of halogens is 1. The molecule has 0 heterocycles. The van der Waals surface area contributed by atoms with Crippen molar-refractivity contribution in [2.45, 2.75) is 18.7 Å². The molecule has 100 valence electrons. The molecular formula is C12H17BrN2O2S. The highest BCUT2D eigenvalue weighted by Crippen LogP contribution is 2.28. The molecule has 0 spiro atoms. The van der Waals surface area contributed by atoms with Crippen LogP contribution in [0.25, 0.3) is 0 Å². The van der Waals surface area contributed by atoms with Crippen LogP contribution in [0.3, 0.4) is 0 Å². The Kier molecular flexibility index (Phi) is 4.58. The van der Waals surface area contributed by atoms with Crippen molar-refractivity contribution in [3.8, 4) is 0 Å². The van der Waals surface area contributed by atoms with E-state index in [-0.39, 0.29) is 11.4 Å². The predicted molar refractivity (Wildman–Crippen MR) is 77.9 cm³/mol. The third-order valence-electron chi connectivity index (χ3n) is 2.55. The van der Waals surface area contributed by atoms with Crippen LogP contribution in [0.15, 0.2) is 33.7 Å². The van der Waals surface area contributed by atoms with Crippen LogP contribution in [0.4, 0.5) is 5.69 Å². The molecule has 0 aliphatic rings. The Morgan fingerprint density at radius 2 is 2.06 bits per heavy atom. The van der Waals surface area contributed by atoms with Gasteiger partial charge in [-0.3, -0.25) is 0 Å². The van der Waals surface area contributed by atoms with Crippen LogP contribution >= 0.6 is 15.9 Å². The van der Waals surface area contributed by atoms with E-state index in [1.807, 2.05) is 0 Å². The SMILES string of the molecule is C=C(C)CN(C)S(=O)(=O)c1cc(Br)cc(N)c1C. The topological polar surface area (TPSA) is 63.4 Å². The molecule has 4 nitrogen and oxygen atoms in total. The van der Waals surface area contributed by atoms with Crippen LogP contribution in [-0.2, 0) is 10.0 Å². The van der Waals surface area contributed by atoms with E-state index < -0.39 is 10.0 Å².